The van der Waals surface area contributed by atoms with Crippen LogP contribution in [0, 0.1) is 0 Å². The van der Waals surface area contributed by atoms with Crippen LogP contribution in [-0.4, -0.2) is 52.5 Å². The first-order chi connectivity index (χ1) is 12.1. The first kappa shape index (κ1) is 17.7. The van der Waals surface area contributed by atoms with Crippen LogP contribution in [0.4, 0.5) is 0 Å². The van der Waals surface area contributed by atoms with Gasteiger partial charge in [-0.15, -0.1) is 0 Å². The molecule has 0 spiro atoms. The maximum atomic E-state index is 13.6. The summed E-state index contributed by atoms with van der Waals surface area (Å²) < 4.78 is 0. The van der Waals surface area contributed by atoms with Crippen LogP contribution in [0.2, 0.25) is 5.02 Å². The number of hydrogen-bond donors (Lipinski definition) is 0. The van der Waals surface area contributed by atoms with E-state index in [1.165, 1.54) is 24.0 Å². The van der Waals surface area contributed by atoms with Gasteiger partial charge < -0.3 is 4.90 Å². The van der Waals surface area contributed by atoms with Crippen molar-refractivity contribution in [3.8, 4) is 0 Å². The lowest BCUT2D eigenvalue weighted by atomic mass is 9.81. The van der Waals surface area contributed by atoms with Crippen LogP contribution in [0.25, 0.3) is 0 Å². The number of rotatable bonds is 2. The SMILES string of the molecule is CC1(N2CCCC2)CSCCN1C(=O)C1CCCc2ccc(Cl)cc21. The highest BCUT2D eigenvalue weighted by molar-refractivity contribution is 7.99. The summed E-state index contributed by atoms with van der Waals surface area (Å²) in [6.45, 7) is 5.38. The zero-order valence-electron chi connectivity index (χ0n) is 15.0. The maximum absolute atomic E-state index is 13.6. The molecule has 1 aromatic rings. The number of fused-ring (bicyclic) bond motifs is 1. The van der Waals surface area contributed by atoms with Crippen molar-refractivity contribution in [1.29, 1.82) is 0 Å². The molecular weight excluding hydrogens is 352 g/mol. The van der Waals surface area contributed by atoms with E-state index in [4.69, 9.17) is 11.6 Å². The molecule has 3 aliphatic rings. The molecule has 0 aromatic heterocycles. The molecule has 25 heavy (non-hydrogen) atoms. The maximum Gasteiger partial charge on any atom is 0.231 e. The summed E-state index contributed by atoms with van der Waals surface area (Å²) in [5.41, 5.74) is 2.35. The minimum absolute atomic E-state index is 0.0209. The number of carbonyl (C=O) groups is 1. The van der Waals surface area contributed by atoms with E-state index < -0.39 is 0 Å². The number of aryl methyl sites for hydroxylation is 1. The third kappa shape index (κ3) is 3.22. The zero-order chi connectivity index (χ0) is 17.4. The van der Waals surface area contributed by atoms with E-state index in [-0.39, 0.29) is 11.6 Å². The van der Waals surface area contributed by atoms with Crippen LogP contribution in [0.3, 0.4) is 0 Å². The minimum Gasteiger partial charge on any atom is -0.322 e. The molecule has 5 heteroatoms. The molecule has 2 heterocycles. The molecule has 4 rings (SSSR count). The Morgan fingerprint density at radius 2 is 2.04 bits per heavy atom. The van der Waals surface area contributed by atoms with Crippen molar-refractivity contribution in [3.63, 3.8) is 0 Å². The molecular formula is C20H27ClN2OS. The summed E-state index contributed by atoms with van der Waals surface area (Å²) in [5, 5.41) is 0.745. The van der Waals surface area contributed by atoms with E-state index in [2.05, 4.69) is 22.8 Å². The molecule has 1 amide bonds. The summed E-state index contributed by atoms with van der Waals surface area (Å²) in [7, 11) is 0. The molecule has 136 valence electrons. The fourth-order valence-electron chi connectivity index (χ4n) is 4.76. The lowest BCUT2D eigenvalue weighted by Crippen LogP contribution is -2.64. The Balaban J connectivity index is 1.64. The summed E-state index contributed by atoms with van der Waals surface area (Å²) >= 11 is 8.24. The minimum atomic E-state index is -0.132. The Kier molecular flexibility index (Phi) is 5.04. The number of nitrogens with zero attached hydrogens (tertiary/aromatic N) is 2. The van der Waals surface area contributed by atoms with Gasteiger partial charge in [0.2, 0.25) is 5.91 Å². The van der Waals surface area contributed by atoms with E-state index >= 15 is 0 Å². The number of thioether (sulfide) groups is 1. The molecule has 0 saturated carbocycles. The standard InChI is InChI=1S/C20H27ClN2OS/c1-20(22-9-2-3-10-22)14-25-12-11-23(20)19(24)17-6-4-5-15-7-8-16(21)13-18(15)17/h7-8,13,17H,2-6,9-12,14H2,1H3. The Hall–Kier alpha value is -0.710. The molecule has 2 saturated heterocycles. The van der Waals surface area contributed by atoms with Gasteiger partial charge >= 0.3 is 0 Å². The second kappa shape index (κ2) is 7.13. The van der Waals surface area contributed by atoms with E-state index in [9.17, 15) is 4.79 Å². The van der Waals surface area contributed by atoms with Gasteiger partial charge in [0.25, 0.3) is 0 Å². The van der Waals surface area contributed by atoms with Gasteiger partial charge in [-0.3, -0.25) is 9.69 Å². The van der Waals surface area contributed by atoms with Gasteiger partial charge in [0.1, 0.15) is 5.66 Å². The number of benzene rings is 1. The Labute approximate surface area is 160 Å². The molecule has 1 aliphatic carbocycles. The van der Waals surface area contributed by atoms with Crippen LogP contribution in [0.15, 0.2) is 18.2 Å². The fraction of sp³-hybridized carbons (Fsp3) is 0.650. The average Bonchev–Trinajstić information content (AvgIpc) is 3.16. The number of halogens is 1. The van der Waals surface area contributed by atoms with Crippen LogP contribution in [0.1, 0.15) is 49.7 Å². The van der Waals surface area contributed by atoms with Crippen LogP contribution in [-0.2, 0) is 11.2 Å². The molecule has 2 aliphatic heterocycles. The fourth-order valence-corrected chi connectivity index (χ4v) is 6.12. The number of amides is 1. The molecule has 0 radical (unpaired) electrons. The number of likely N-dealkylation sites (tertiary alicyclic amines) is 1. The third-order valence-corrected chi connectivity index (χ3v) is 7.65. The summed E-state index contributed by atoms with van der Waals surface area (Å²) in [6.07, 6.45) is 5.61. The van der Waals surface area contributed by atoms with Crippen molar-refractivity contribution in [2.24, 2.45) is 0 Å². The van der Waals surface area contributed by atoms with Crippen LogP contribution < -0.4 is 0 Å². The predicted molar refractivity (Wildman–Crippen MR) is 105 cm³/mol. The topological polar surface area (TPSA) is 23.6 Å². The second-order valence-electron chi connectivity index (χ2n) is 7.74. The molecule has 1 aromatic carbocycles. The Bertz CT molecular complexity index is 661. The van der Waals surface area contributed by atoms with Gasteiger partial charge in [-0.1, -0.05) is 17.7 Å². The normalized spacial score (nSPS) is 30.3. The van der Waals surface area contributed by atoms with E-state index in [0.717, 1.165) is 55.4 Å². The molecule has 2 atom stereocenters. The van der Waals surface area contributed by atoms with Gasteiger partial charge in [0.15, 0.2) is 0 Å². The predicted octanol–water partition coefficient (Wildman–Crippen LogP) is 4.15. The Morgan fingerprint density at radius 3 is 2.84 bits per heavy atom. The van der Waals surface area contributed by atoms with Crippen LogP contribution >= 0.6 is 23.4 Å². The Morgan fingerprint density at radius 1 is 1.24 bits per heavy atom. The average molecular weight is 379 g/mol. The van der Waals surface area contributed by atoms with E-state index in [0.29, 0.717) is 5.91 Å². The number of carbonyl (C=O) groups excluding carboxylic acids is 1. The molecule has 2 unspecified atom stereocenters. The van der Waals surface area contributed by atoms with Crippen molar-refractivity contribution in [2.75, 3.05) is 31.1 Å². The first-order valence-electron chi connectivity index (χ1n) is 9.52. The molecule has 3 nitrogen and oxygen atoms in total. The monoisotopic (exact) mass is 378 g/mol. The summed E-state index contributed by atoms with van der Waals surface area (Å²) in [4.78, 5) is 18.4. The lowest BCUT2D eigenvalue weighted by molar-refractivity contribution is -0.145. The van der Waals surface area contributed by atoms with Gasteiger partial charge in [-0.25, -0.2) is 0 Å². The smallest absolute Gasteiger partial charge is 0.231 e. The van der Waals surface area contributed by atoms with Crippen molar-refractivity contribution in [2.45, 2.75) is 50.6 Å². The quantitative estimate of drug-likeness (QED) is 0.772. The van der Waals surface area contributed by atoms with Crippen molar-refractivity contribution in [3.05, 3.63) is 34.3 Å². The first-order valence-corrected chi connectivity index (χ1v) is 11.1. The largest absolute Gasteiger partial charge is 0.322 e. The molecule has 0 N–H and O–H groups in total. The number of hydrogen-bond acceptors (Lipinski definition) is 3. The summed E-state index contributed by atoms with van der Waals surface area (Å²) in [6, 6.07) is 6.10. The highest BCUT2D eigenvalue weighted by Gasteiger charge is 2.45. The molecule has 0 bridgehead atoms. The molecule has 2 fully saturated rings. The lowest BCUT2D eigenvalue weighted by Gasteiger charge is -2.51. The van der Waals surface area contributed by atoms with E-state index in [1.54, 1.807) is 0 Å². The second-order valence-corrected chi connectivity index (χ2v) is 9.28. The highest BCUT2D eigenvalue weighted by Crippen LogP contribution is 2.39. The highest BCUT2D eigenvalue weighted by atomic mass is 35.5. The third-order valence-electron chi connectivity index (χ3n) is 6.19. The van der Waals surface area contributed by atoms with Gasteiger partial charge in [-0.05, 0) is 62.3 Å². The van der Waals surface area contributed by atoms with Gasteiger partial charge in [0, 0.05) is 36.2 Å². The van der Waals surface area contributed by atoms with Crippen molar-refractivity contribution >= 4 is 29.3 Å². The van der Waals surface area contributed by atoms with Crippen molar-refractivity contribution in [1.82, 2.24) is 9.80 Å². The van der Waals surface area contributed by atoms with E-state index in [1.807, 2.05) is 23.9 Å². The van der Waals surface area contributed by atoms with Crippen LogP contribution in [0.5, 0.6) is 0 Å². The zero-order valence-corrected chi connectivity index (χ0v) is 16.5. The van der Waals surface area contributed by atoms with Crippen molar-refractivity contribution < 1.29 is 4.79 Å². The van der Waals surface area contributed by atoms with Gasteiger partial charge in [0.05, 0.1) is 5.92 Å². The summed E-state index contributed by atoms with van der Waals surface area (Å²) in [5.74, 6) is 2.36. The van der Waals surface area contributed by atoms with Gasteiger partial charge in [-0.2, -0.15) is 11.8 Å².